The summed E-state index contributed by atoms with van der Waals surface area (Å²) >= 11 is 1.58. The minimum Gasteiger partial charge on any atom is -0.395 e. The molecule has 0 atom stereocenters. The molecule has 0 aliphatic heterocycles. The van der Waals surface area contributed by atoms with E-state index in [0.717, 1.165) is 15.6 Å². The highest BCUT2D eigenvalue weighted by atomic mass is 32.1. The number of thiazole rings is 1. The molecule has 0 aliphatic rings. The smallest absolute Gasteiger partial charge is 0.276 e. The molecule has 0 saturated carbocycles. The van der Waals surface area contributed by atoms with Crippen molar-refractivity contribution >= 4 is 22.9 Å². The first-order chi connectivity index (χ1) is 9.40. The molecule has 0 saturated heterocycles. The van der Waals surface area contributed by atoms with E-state index in [4.69, 9.17) is 5.73 Å². The summed E-state index contributed by atoms with van der Waals surface area (Å²) in [5, 5.41) is 7.88. The Morgan fingerprint density at radius 3 is 2.75 bits per heavy atom. The average Bonchev–Trinajstić information content (AvgIpc) is 2.94. The minimum absolute atomic E-state index is 0.184. The van der Waals surface area contributed by atoms with Crippen LogP contribution < -0.4 is 5.73 Å². The number of anilines is 1. The number of nitrogens with two attached hydrogens (primary N) is 1. The van der Waals surface area contributed by atoms with Gasteiger partial charge in [-0.25, -0.2) is 4.98 Å². The Balaban J connectivity index is 2.14. The van der Waals surface area contributed by atoms with Crippen LogP contribution in [0.1, 0.15) is 45.8 Å². The molecule has 2 aromatic rings. The average molecular weight is 293 g/mol. The molecule has 0 spiro atoms. The maximum Gasteiger partial charge on any atom is 0.276 e. The summed E-state index contributed by atoms with van der Waals surface area (Å²) in [6.07, 6.45) is 1.79. The topological polar surface area (TPSA) is 87.9 Å². The van der Waals surface area contributed by atoms with Gasteiger partial charge in [0.2, 0.25) is 0 Å². The maximum atomic E-state index is 12.4. The van der Waals surface area contributed by atoms with E-state index in [1.807, 2.05) is 20.8 Å². The number of nitrogens with zero attached hydrogens (tertiary/aromatic N) is 3. The fourth-order valence-corrected chi connectivity index (χ4v) is 2.78. The number of aromatic nitrogens is 3. The number of hydrogen-bond donors (Lipinski definition) is 2. The number of carbonyl (C=O) groups excluding carboxylic acids is 1. The van der Waals surface area contributed by atoms with Crippen molar-refractivity contribution in [2.24, 2.45) is 0 Å². The second-order valence-corrected chi connectivity index (χ2v) is 6.38. The molecule has 0 bridgehead atoms. The summed E-state index contributed by atoms with van der Waals surface area (Å²) in [7, 11) is 1.74. The second-order valence-electron chi connectivity index (χ2n) is 5.06. The third-order valence-electron chi connectivity index (χ3n) is 3.02. The molecule has 2 rings (SSSR count). The van der Waals surface area contributed by atoms with Crippen molar-refractivity contribution in [3.05, 3.63) is 27.5 Å². The predicted molar refractivity (Wildman–Crippen MR) is 79.7 cm³/mol. The van der Waals surface area contributed by atoms with Crippen LogP contribution in [0.2, 0.25) is 0 Å². The first-order valence-corrected chi connectivity index (χ1v) is 7.22. The molecule has 20 heavy (non-hydrogen) atoms. The van der Waals surface area contributed by atoms with Crippen LogP contribution in [0.4, 0.5) is 5.69 Å². The van der Waals surface area contributed by atoms with E-state index >= 15 is 0 Å². The lowest BCUT2D eigenvalue weighted by molar-refractivity contribution is 0.0781. The Labute approximate surface area is 122 Å². The van der Waals surface area contributed by atoms with Gasteiger partial charge in [0.05, 0.1) is 22.9 Å². The van der Waals surface area contributed by atoms with Gasteiger partial charge < -0.3 is 10.6 Å². The zero-order chi connectivity index (χ0) is 14.9. The zero-order valence-electron chi connectivity index (χ0n) is 12.1. The largest absolute Gasteiger partial charge is 0.395 e. The summed E-state index contributed by atoms with van der Waals surface area (Å²) in [5.74, 6) is 0.0233. The number of nitrogens with one attached hydrogen (secondary N) is 1. The number of rotatable bonds is 4. The van der Waals surface area contributed by atoms with Crippen LogP contribution in [-0.2, 0) is 6.54 Å². The van der Waals surface area contributed by atoms with Crippen molar-refractivity contribution in [3.8, 4) is 0 Å². The van der Waals surface area contributed by atoms with E-state index < -0.39 is 0 Å². The normalized spacial score (nSPS) is 11.1. The summed E-state index contributed by atoms with van der Waals surface area (Å²) in [6.45, 7) is 6.45. The van der Waals surface area contributed by atoms with Crippen LogP contribution >= 0.6 is 11.3 Å². The van der Waals surface area contributed by atoms with E-state index in [-0.39, 0.29) is 17.5 Å². The highest BCUT2D eigenvalue weighted by Gasteiger charge is 2.22. The van der Waals surface area contributed by atoms with Crippen molar-refractivity contribution in [3.63, 3.8) is 0 Å². The Morgan fingerprint density at radius 1 is 1.55 bits per heavy atom. The van der Waals surface area contributed by atoms with Crippen LogP contribution in [0.5, 0.6) is 0 Å². The van der Waals surface area contributed by atoms with Gasteiger partial charge >= 0.3 is 0 Å². The van der Waals surface area contributed by atoms with Crippen LogP contribution in [-0.4, -0.2) is 33.0 Å². The molecule has 2 heterocycles. The fraction of sp³-hybridized carbons (Fsp3) is 0.462. The summed E-state index contributed by atoms with van der Waals surface area (Å²) < 4.78 is 0. The van der Waals surface area contributed by atoms with Gasteiger partial charge in [-0.15, -0.1) is 11.3 Å². The molecule has 3 N–H and O–H groups in total. The van der Waals surface area contributed by atoms with Crippen molar-refractivity contribution in [1.29, 1.82) is 0 Å². The number of aryl methyl sites for hydroxylation is 1. The third-order valence-corrected chi connectivity index (χ3v) is 3.92. The lowest BCUT2D eigenvalue weighted by Crippen LogP contribution is -2.27. The predicted octanol–water partition coefficient (Wildman–Crippen LogP) is 2.15. The number of hydrogen-bond acceptors (Lipinski definition) is 5. The van der Waals surface area contributed by atoms with Crippen molar-refractivity contribution in [2.45, 2.75) is 33.2 Å². The molecule has 0 aromatic carbocycles. The van der Waals surface area contributed by atoms with E-state index in [0.29, 0.717) is 12.2 Å². The molecule has 0 fully saturated rings. The SMILES string of the molecule is Cc1ncc(CN(C)C(=O)c2n[nH]c(C(C)C)c2N)s1. The van der Waals surface area contributed by atoms with Crippen LogP contribution in [0, 0.1) is 6.92 Å². The first-order valence-electron chi connectivity index (χ1n) is 6.40. The van der Waals surface area contributed by atoms with Gasteiger partial charge in [0.1, 0.15) is 0 Å². The van der Waals surface area contributed by atoms with Crippen molar-refractivity contribution in [2.75, 3.05) is 12.8 Å². The minimum atomic E-state index is -0.184. The Hall–Kier alpha value is -1.89. The Morgan fingerprint density at radius 2 is 2.25 bits per heavy atom. The summed E-state index contributed by atoms with van der Waals surface area (Å²) in [5.41, 5.74) is 7.52. The van der Waals surface area contributed by atoms with Gasteiger partial charge in [0, 0.05) is 18.1 Å². The number of nitrogen functional groups attached to an aromatic ring is 1. The first kappa shape index (κ1) is 14.5. The van der Waals surface area contributed by atoms with Crippen LogP contribution in [0.3, 0.4) is 0 Å². The van der Waals surface area contributed by atoms with Gasteiger partial charge in [-0.1, -0.05) is 13.8 Å². The molecule has 1 amide bonds. The second kappa shape index (κ2) is 5.62. The Bertz CT molecular complexity index is 616. The zero-order valence-corrected chi connectivity index (χ0v) is 12.9. The third kappa shape index (κ3) is 2.82. The van der Waals surface area contributed by atoms with Gasteiger partial charge in [-0.3, -0.25) is 9.89 Å². The highest BCUT2D eigenvalue weighted by molar-refractivity contribution is 7.11. The monoisotopic (exact) mass is 293 g/mol. The number of aromatic amines is 1. The molecule has 7 heteroatoms. The molecular formula is C13H19N5OS. The fourth-order valence-electron chi connectivity index (χ4n) is 1.93. The molecule has 108 valence electrons. The van der Waals surface area contributed by atoms with Gasteiger partial charge in [0.15, 0.2) is 5.69 Å². The lowest BCUT2D eigenvalue weighted by Gasteiger charge is -2.14. The van der Waals surface area contributed by atoms with Gasteiger partial charge in [-0.2, -0.15) is 5.10 Å². The summed E-state index contributed by atoms with van der Waals surface area (Å²) in [4.78, 5) is 19.2. The standard InChI is InChI=1S/C13H19N5OS/c1-7(2)11-10(14)12(17-16-11)13(19)18(4)6-9-5-15-8(3)20-9/h5,7H,6,14H2,1-4H3,(H,16,17). The van der Waals surface area contributed by atoms with Crippen LogP contribution in [0.25, 0.3) is 0 Å². The van der Waals surface area contributed by atoms with Crippen molar-refractivity contribution in [1.82, 2.24) is 20.1 Å². The quantitative estimate of drug-likeness (QED) is 0.904. The van der Waals surface area contributed by atoms with Crippen molar-refractivity contribution < 1.29 is 4.79 Å². The van der Waals surface area contributed by atoms with Crippen LogP contribution in [0.15, 0.2) is 6.20 Å². The molecule has 0 unspecified atom stereocenters. The Kier molecular flexibility index (Phi) is 4.08. The maximum absolute atomic E-state index is 12.4. The van der Waals surface area contributed by atoms with E-state index in [1.165, 1.54) is 0 Å². The number of carbonyl (C=O) groups is 1. The molecule has 0 aliphatic carbocycles. The van der Waals surface area contributed by atoms with Gasteiger partial charge in [0.25, 0.3) is 5.91 Å². The van der Waals surface area contributed by atoms with E-state index in [2.05, 4.69) is 15.2 Å². The summed E-state index contributed by atoms with van der Waals surface area (Å²) in [6, 6.07) is 0. The molecular weight excluding hydrogens is 274 g/mol. The molecule has 6 nitrogen and oxygen atoms in total. The lowest BCUT2D eigenvalue weighted by atomic mass is 10.1. The van der Waals surface area contributed by atoms with E-state index in [1.54, 1.807) is 29.5 Å². The van der Waals surface area contributed by atoms with E-state index in [9.17, 15) is 4.79 Å². The highest BCUT2D eigenvalue weighted by Crippen LogP contribution is 2.23. The number of H-pyrrole nitrogens is 1. The molecule has 2 aromatic heterocycles. The van der Waals surface area contributed by atoms with Gasteiger partial charge in [-0.05, 0) is 12.8 Å². The molecule has 0 radical (unpaired) electrons. The number of amides is 1.